The number of carbonyl (C=O) groups excluding carboxylic acids is 2. The van der Waals surface area contributed by atoms with Crippen LogP contribution in [-0.2, 0) is 9.59 Å². The molecule has 1 amide bonds. The fraction of sp³-hybridized carbons (Fsp3) is 0.0435. The SMILES string of the molecule is O=C1C(=O)N(c2ccccc2)C(c2ccc(F)cc2)/C1=C(/O)c1ccc(Cl)cc1. The van der Waals surface area contributed by atoms with Crippen molar-refractivity contribution in [2.24, 2.45) is 0 Å². The van der Waals surface area contributed by atoms with Gasteiger partial charge in [-0.25, -0.2) is 4.39 Å². The zero-order valence-electron chi connectivity index (χ0n) is 15.0. The van der Waals surface area contributed by atoms with E-state index in [9.17, 15) is 19.1 Å². The van der Waals surface area contributed by atoms with Crippen LogP contribution < -0.4 is 4.90 Å². The molecule has 1 fully saturated rings. The molecule has 3 aromatic carbocycles. The molecule has 0 aliphatic carbocycles. The van der Waals surface area contributed by atoms with Crippen molar-refractivity contribution in [3.8, 4) is 0 Å². The van der Waals surface area contributed by atoms with Crippen molar-refractivity contribution >= 4 is 34.7 Å². The fourth-order valence-corrected chi connectivity index (χ4v) is 3.54. The number of para-hydroxylation sites is 1. The highest BCUT2D eigenvalue weighted by atomic mass is 35.5. The monoisotopic (exact) mass is 407 g/mol. The van der Waals surface area contributed by atoms with Crippen LogP contribution in [0.3, 0.4) is 0 Å². The van der Waals surface area contributed by atoms with E-state index in [0.29, 0.717) is 21.8 Å². The quantitative estimate of drug-likeness (QED) is 0.373. The summed E-state index contributed by atoms with van der Waals surface area (Å²) in [5, 5.41) is 11.4. The number of aliphatic hydroxyl groups excluding tert-OH is 1. The molecule has 144 valence electrons. The van der Waals surface area contributed by atoms with E-state index in [1.54, 1.807) is 54.6 Å². The summed E-state index contributed by atoms with van der Waals surface area (Å²) in [6.07, 6.45) is 0. The van der Waals surface area contributed by atoms with Crippen molar-refractivity contribution in [3.05, 3.63) is 106 Å². The summed E-state index contributed by atoms with van der Waals surface area (Å²) in [6.45, 7) is 0. The Morgan fingerprint density at radius 1 is 0.897 bits per heavy atom. The molecule has 0 bridgehead atoms. The Labute approximate surface area is 171 Å². The maximum Gasteiger partial charge on any atom is 0.300 e. The summed E-state index contributed by atoms with van der Waals surface area (Å²) in [4.78, 5) is 27.1. The van der Waals surface area contributed by atoms with Gasteiger partial charge in [0.1, 0.15) is 11.6 Å². The van der Waals surface area contributed by atoms with Crippen molar-refractivity contribution in [1.82, 2.24) is 0 Å². The van der Waals surface area contributed by atoms with Crippen molar-refractivity contribution < 1.29 is 19.1 Å². The Morgan fingerprint density at radius 2 is 1.52 bits per heavy atom. The first-order valence-electron chi connectivity index (χ1n) is 8.85. The predicted molar refractivity (Wildman–Crippen MR) is 109 cm³/mol. The second-order valence-electron chi connectivity index (χ2n) is 6.56. The summed E-state index contributed by atoms with van der Waals surface area (Å²) in [5.74, 6) is -2.33. The van der Waals surface area contributed by atoms with Crippen molar-refractivity contribution in [1.29, 1.82) is 0 Å². The maximum absolute atomic E-state index is 13.5. The van der Waals surface area contributed by atoms with Gasteiger partial charge in [0.2, 0.25) is 0 Å². The molecular weight excluding hydrogens is 393 g/mol. The summed E-state index contributed by atoms with van der Waals surface area (Å²) in [6, 6.07) is 19.6. The summed E-state index contributed by atoms with van der Waals surface area (Å²) in [5.41, 5.74) is 1.30. The average molecular weight is 408 g/mol. The summed E-state index contributed by atoms with van der Waals surface area (Å²) in [7, 11) is 0. The lowest BCUT2D eigenvalue weighted by atomic mass is 9.95. The molecule has 0 aromatic heterocycles. The molecule has 1 saturated heterocycles. The second-order valence-corrected chi connectivity index (χ2v) is 7.00. The van der Waals surface area contributed by atoms with Crippen molar-refractivity contribution in [2.45, 2.75) is 6.04 Å². The number of hydrogen-bond donors (Lipinski definition) is 1. The first-order valence-corrected chi connectivity index (χ1v) is 9.22. The molecule has 6 heteroatoms. The van der Waals surface area contributed by atoms with Crippen LogP contribution in [0.2, 0.25) is 5.02 Å². The van der Waals surface area contributed by atoms with Gasteiger partial charge in [-0.1, -0.05) is 41.9 Å². The van der Waals surface area contributed by atoms with Crippen LogP contribution in [0, 0.1) is 5.82 Å². The topological polar surface area (TPSA) is 57.6 Å². The minimum Gasteiger partial charge on any atom is -0.507 e. The molecule has 0 saturated carbocycles. The number of hydrogen-bond acceptors (Lipinski definition) is 3. The molecule has 1 atom stereocenters. The molecule has 1 unspecified atom stereocenters. The summed E-state index contributed by atoms with van der Waals surface area (Å²) >= 11 is 5.91. The number of ketones is 1. The van der Waals surface area contributed by atoms with Crippen LogP contribution in [0.5, 0.6) is 0 Å². The van der Waals surface area contributed by atoms with E-state index in [2.05, 4.69) is 0 Å². The maximum atomic E-state index is 13.5. The first-order chi connectivity index (χ1) is 14.0. The molecule has 29 heavy (non-hydrogen) atoms. The van der Waals surface area contributed by atoms with E-state index in [4.69, 9.17) is 11.6 Å². The van der Waals surface area contributed by atoms with Gasteiger partial charge >= 0.3 is 0 Å². The number of halogens is 2. The van der Waals surface area contributed by atoms with E-state index in [0.717, 1.165) is 0 Å². The molecule has 1 aliphatic rings. The third-order valence-electron chi connectivity index (χ3n) is 4.78. The molecule has 3 aromatic rings. The van der Waals surface area contributed by atoms with Gasteiger partial charge in [-0.3, -0.25) is 14.5 Å². The third-order valence-corrected chi connectivity index (χ3v) is 5.03. The predicted octanol–water partition coefficient (Wildman–Crippen LogP) is 5.11. The highest BCUT2D eigenvalue weighted by Crippen LogP contribution is 2.42. The zero-order chi connectivity index (χ0) is 20.5. The minimum atomic E-state index is -0.895. The van der Waals surface area contributed by atoms with Gasteiger partial charge in [-0.15, -0.1) is 0 Å². The van der Waals surface area contributed by atoms with Crippen LogP contribution >= 0.6 is 11.6 Å². The van der Waals surface area contributed by atoms with E-state index >= 15 is 0 Å². The molecule has 0 radical (unpaired) electrons. The number of Topliss-reactive ketones (excluding diaryl/α,β-unsaturated/α-hetero) is 1. The Bertz CT molecular complexity index is 1110. The number of anilines is 1. The Kier molecular flexibility index (Phi) is 4.91. The standard InChI is InChI=1S/C23H15ClFNO3/c24-16-10-6-15(7-11-16)21(27)19-20(14-8-12-17(25)13-9-14)26(23(29)22(19)28)18-4-2-1-3-5-18/h1-13,20,27H/b21-19-. The highest BCUT2D eigenvalue weighted by Gasteiger charge is 2.46. The highest BCUT2D eigenvalue weighted by molar-refractivity contribution is 6.51. The molecule has 1 N–H and O–H groups in total. The van der Waals surface area contributed by atoms with Gasteiger partial charge < -0.3 is 5.11 Å². The Morgan fingerprint density at radius 3 is 2.14 bits per heavy atom. The molecule has 4 nitrogen and oxygen atoms in total. The molecule has 1 aliphatic heterocycles. The summed E-state index contributed by atoms with van der Waals surface area (Å²) < 4.78 is 13.5. The first kappa shape index (κ1) is 18.9. The number of rotatable bonds is 3. The second kappa shape index (κ2) is 7.53. The van der Waals surface area contributed by atoms with E-state index < -0.39 is 23.5 Å². The smallest absolute Gasteiger partial charge is 0.300 e. The number of aliphatic hydroxyl groups is 1. The van der Waals surface area contributed by atoms with Gasteiger partial charge in [-0.05, 0) is 54.1 Å². The lowest BCUT2D eigenvalue weighted by Crippen LogP contribution is -2.29. The molecule has 0 spiro atoms. The number of nitrogens with zero attached hydrogens (tertiary/aromatic N) is 1. The molecular formula is C23H15ClFNO3. The normalized spacial score (nSPS) is 18.3. The Hall–Kier alpha value is -3.44. The van der Waals surface area contributed by atoms with E-state index in [1.165, 1.54) is 29.2 Å². The lowest BCUT2D eigenvalue weighted by Gasteiger charge is -2.25. The number of benzene rings is 3. The zero-order valence-corrected chi connectivity index (χ0v) is 15.8. The number of carbonyl (C=O) groups is 2. The van der Waals surface area contributed by atoms with Gasteiger partial charge in [0, 0.05) is 16.3 Å². The van der Waals surface area contributed by atoms with Crippen molar-refractivity contribution in [2.75, 3.05) is 4.90 Å². The Balaban J connectivity index is 1.94. The van der Waals surface area contributed by atoms with Crippen LogP contribution in [0.25, 0.3) is 5.76 Å². The van der Waals surface area contributed by atoms with Gasteiger partial charge in [-0.2, -0.15) is 0 Å². The average Bonchev–Trinajstić information content (AvgIpc) is 3.00. The van der Waals surface area contributed by atoms with Crippen LogP contribution in [-0.4, -0.2) is 16.8 Å². The van der Waals surface area contributed by atoms with Gasteiger partial charge in [0.05, 0.1) is 11.6 Å². The third kappa shape index (κ3) is 3.41. The number of amides is 1. The molecule has 4 rings (SSSR count). The lowest BCUT2D eigenvalue weighted by molar-refractivity contribution is -0.132. The van der Waals surface area contributed by atoms with Crippen LogP contribution in [0.15, 0.2) is 84.4 Å². The minimum absolute atomic E-state index is 0.0622. The van der Waals surface area contributed by atoms with Crippen LogP contribution in [0.4, 0.5) is 10.1 Å². The van der Waals surface area contributed by atoms with E-state index in [1.807, 2.05) is 0 Å². The van der Waals surface area contributed by atoms with E-state index in [-0.39, 0.29) is 11.3 Å². The fourth-order valence-electron chi connectivity index (χ4n) is 3.41. The van der Waals surface area contributed by atoms with Gasteiger partial charge in [0.25, 0.3) is 11.7 Å². The van der Waals surface area contributed by atoms with Crippen molar-refractivity contribution in [3.63, 3.8) is 0 Å². The van der Waals surface area contributed by atoms with Gasteiger partial charge in [0.15, 0.2) is 0 Å². The van der Waals surface area contributed by atoms with Crippen LogP contribution in [0.1, 0.15) is 17.2 Å². The largest absolute Gasteiger partial charge is 0.507 e. The molecule has 1 heterocycles.